The number of furan rings is 1. The number of nitrogens with one attached hydrogen (secondary N) is 1. The molecule has 0 fully saturated rings. The highest BCUT2D eigenvalue weighted by Crippen LogP contribution is 2.20. The van der Waals surface area contributed by atoms with Crippen LogP contribution >= 0.6 is 11.8 Å². The molecule has 20 heavy (non-hydrogen) atoms. The molecule has 9 heteroatoms. The van der Waals surface area contributed by atoms with Crippen LogP contribution in [0.15, 0.2) is 28.0 Å². The van der Waals surface area contributed by atoms with Crippen LogP contribution < -0.4 is 11.1 Å². The van der Waals surface area contributed by atoms with Gasteiger partial charge in [-0.25, -0.2) is 4.68 Å². The molecule has 1 amide bonds. The Kier molecular flexibility index (Phi) is 5.13. The van der Waals surface area contributed by atoms with Crippen molar-refractivity contribution in [2.24, 2.45) is 5.73 Å². The molecule has 108 valence electrons. The van der Waals surface area contributed by atoms with Gasteiger partial charge in [-0.1, -0.05) is 11.8 Å². The summed E-state index contributed by atoms with van der Waals surface area (Å²) in [6, 6.07) is 3.58. The van der Waals surface area contributed by atoms with Crippen LogP contribution in [0.5, 0.6) is 0 Å². The average molecular weight is 296 g/mol. The van der Waals surface area contributed by atoms with Crippen LogP contribution in [-0.4, -0.2) is 37.9 Å². The lowest BCUT2D eigenvalue weighted by Crippen LogP contribution is -2.30. The SMILES string of the molecule is CC(Sc1nnnn1CCN)C(=O)NCc1ccco1. The summed E-state index contributed by atoms with van der Waals surface area (Å²) in [7, 11) is 0. The number of rotatable bonds is 7. The number of hydrogen-bond donors (Lipinski definition) is 2. The lowest BCUT2D eigenvalue weighted by atomic mass is 10.4. The van der Waals surface area contributed by atoms with E-state index in [4.69, 9.17) is 10.2 Å². The first-order valence-electron chi connectivity index (χ1n) is 6.13. The maximum absolute atomic E-state index is 12.0. The Bertz CT molecular complexity index is 541. The molecular formula is C11H16N6O2S. The fourth-order valence-electron chi connectivity index (χ4n) is 1.49. The van der Waals surface area contributed by atoms with Gasteiger partial charge in [0, 0.05) is 6.54 Å². The van der Waals surface area contributed by atoms with Crippen molar-refractivity contribution in [1.82, 2.24) is 25.5 Å². The second kappa shape index (κ2) is 7.06. The van der Waals surface area contributed by atoms with Gasteiger partial charge in [-0.15, -0.1) is 5.10 Å². The van der Waals surface area contributed by atoms with Gasteiger partial charge in [0.05, 0.1) is 24.6 Å². The first-order chi connectivity index (χ1) is 9.70. The van der Waals surface area contributed by atoms with Gasteiger partial charge in [-0.2, -0.15) is 0 Å². The maximum Gasteiger partial charge on any atom is 0.233 e. The number of carbonyl (C=O) groups excluding carboxylic acids is 1. The standard InChI is InChI=1S/C11H16N6O2S/c1-8(10(18)13-7-9-3-2-6-19-9)20-11-14-15-16-17(11)5-4-12/h2-3,6,8H,4-5,7,12H2,1H3,(H,13,18). The molecule has 2 aromatic heterocycles. The normalized spacial score (nSPS) is 12.3. The minimum atomic E-state index is -0.313. The van der Waals surface area contributed by atoms with Crippen molar-refractivity contribution in [2.75, 3.05) is 6.54 Å². The van der Waals surface area contributed by atoms with Crippen LogP contribution in [0.4, 0.5) is 0 Å². The second-order valence-electron chi connectivity index (χ2n) is 4.03. The Morgan fingerprint density at radius 3 is 3.20 bits per heavy atom. The lowest BCUT2D eigenvalue weighted by Gasteiger charge is -2.10. The van der Waals surface area contributed by atoms with Gasteiger partial charge in [0.15, 0.2) is 0 Å². The molecule has 1 atom stereocenters. The summed E-state index contributed by atoms with van der Waals surface area (Å²) in [4.78, 5) is 12.0. The third-order valence-electron chi connectivity index (χ3n) is 2.51. The number of nitrogens with zero attached hydrogens (tertiary/aromatic N) is 4. The first-order valence-corrected chi connectivity index (χ1v) is 7.01. The summed E-state index contributed by atoms with van der Waals surface area (Å²) in [6.07, 6.45) is 1.57. The largest absolute Gasteiger partial charge is 0.467 e. The van der Waals surface area contributed by atoms with E-state index in [0.717, 1.165) is 0 Å². The molecule has 0 spiro atoms. The summed E-state index contributed by atoms with van der Waals surface area (Å²) >= 11 is 1.29. The quantitative estimate of drug-likeness (QED) is 0.693. The molecule has 0 aliphatic heterocycles. The number of amides is 1. The van der Waals surface area contributed by atoms with Crippen LogP contribution in [0.1, 0.15) is 12.7 Å². The Balaban J connectivity index is 1.85. The molecule has 0 aromatic carbocycles. The van der Waals surface area contributed by atoms with Crippen molar-refractivity contribution < 1.29 is 9.21 Å². The molecule has 0 radical (unpaired) electrons. The van der Waals surface area contributed by atoms with E-state index in [1.807, 2.05) is 0 Å². The second-order valence-corrected chi connectivity index (χ2v) is 5.34. The predicted octanol–water partition coefficient (Wildman–Crippen LogP) is 0.0218. The van der Waals surface area contributed by atoms with Crippen molar-refractivity contribution in [3.05, 3.63) is 24.2 Å². The van der Waals surface area contributed by atoms with E-state index in [2.05, 4.69) is 20.8 Å². The highest BCUT2D eigenvalue weighted by atomic mass is 32.2. The molecule has 0 saturated heterocycles. The average Bonchev–Trinajstić information content (AvgIpc) is 3.09. The molecule has 0 bridgehead atoms. The molecule has 2 heterocycles. The van der Waals surface area contributed by atoms with Gasteiger partial charge in [0.25, 0.3) is 0 Å². The fraction of sp³-hybridized carbons (Fsp3) is 0.455. The van der Waals surface area contributed by atoms with Crippen LogP contribution in [0.25, 0.3) is 0 Å². The van der Waals surface area contributed by atoms with Gasteiger partial charge < -0.3 is 15.5 Å². The van der Waals surface area contributed by atoms with Gasteiger partial charge in [-0.05, 0) is 29.5 Å². The van der Waals surface area contributed by atoms with E-state index < -0.39 is 0 Å². The zero-order valence-corrected chi connectivity index (χ0v) is 11.8. The van der Waals surface area contributed by atoms with E-state index in [0.29, 0.717) is 30.6 Å². The third kappa shape index (κ3) is 3.81. The number of nitrogens with two attached hydrogens (primary N) is 1. The van der Waals surface area contributed by atoms with Crippen molar-refractivity contribution in [3.63, 3.8) is 0 Å². The molecule has 2 aromatic rings. The number of tetrazole rings is 1. The number of aromatic nitrogens is 4. The molecule has 2 rings (SSSR count). The van der Waals surface area contributed by atoms with Crippen LogP contribution in [0.2, 0.25) is 0 Å². The molecule has 8 nitrogen and oxygen atoms in total. The van der Waals surface area contributed by atoms with E-state index in [1.165, 1.54) is 11.8 Å². The van der Waals surface area contributed by atoms with Gasteiger partial charge in [0.2, 0.25) is 11.1 Å². The van der Waals surface area contributed by atoms with Gasteiger partial charge in [-0.3, -0.25) is 4.79 Å². The first kappa shape index (κ1) is 14.5. The zero-order valence-electron chi connectivity index (χ0n) is 11.0. The third-order valence-corrected chi connectivity index (χ3v) is 3.58. The minimum absolute atomic E-state index is 0.103. The van der Waals surface area contributed by atoms with E-state index >= 15 is 0 Å². The molecule has 3 N–H and O–H groups in total. The Labute approximate surface area is 120 Å². The minimum Gasteiger partial charge on any atom is -0.467 e. The Morgan fingerprint density at radius 2 is 2.50 bits per heavy atom. The number of hydrogen-bond acceptors (Lipinski definition) is 7. The van der Waals surface area contributed by atoms with Crippen LogP contribution in [-0.2, 0) is 17.9 Å². The van der Waals surface area contributed by atoms with E-state index in [-0.39, 0.29) is 11.2 Å². The van der Waals surface area contributed by atoms with Gasteiger partial charge >= 0.3 is 0 Å². The lowest BCUT2D eigenvalue weighted by molar-refractivity contribution is -0.120. The number of thioether (sulfide) groups is 1. The van der Waals surface area contributed by atoms with Crippen molar-refractivity contribution in [3.8, 4) is 0 Å². The zero-order chi connectivity index (χ0) is 14.4. The van der Waals surface area contributed by atoms with Crippen LogP contribution in [0.3, 0.4) is 0 Å². The highest BCUT2D eigenvalue weighted by molar-refractivity contribution is 8.00. The summed E-state index contributed by atoms with van der Waals surface area (Å²) < 4.78 is 6.73. The maximum atomic E-state index is 12.0. The van der Waals surface area contributed by atoms with Crippen molar-refractivity contribution >= 4 is 17.7 Å². The molecule has 1 unspecified atom stereocenters. The van der Waals surface area contributed by atoms with E-state index in [1.54, 1.807) is 30.0 Å². The fourth-order valence-corrected chi connectivity index (χ4v) is 2.33. The molecule has 0 aliphatic carbocycles. The summed E-state index contributed by atoms with van der Waals surface area (Å²) in [5.41, 5.74) is 5.47. The Hall–Kier alpha value is -1.87. The van der Waals surface area contributed by atoms with E-state index in [9.17, 15) is 4.79 Å². The smallest absolute Gasteiger partial charge is 0.233 e. The summed E-state index contributed by atoms with van der Waals surface area (Å²) in [6.45, 7) is 3.13. The highest BCUT2D eigenvalue weighted by Gasteiger charge is 2.18. The predicted molar refractivity (Wildman–Crippen MR) is 72.7 cm³/mol. The molecule has 0 aliphatic rings. The van der Waals surface area contributed by atoms with Crippen molar-refractivity contribution in [1.29, 1.82) is 0 Å². The summed E-state index contributed by atoms with van der Waals surface area (Å²) in [5, 5.41) is 14.3. The monoisotopic (exact) mass is 296 g/mol. The molecular weight excluding hydrogens is 280 g/mol. The topological polar surface area (TPSA) is 112 Å². The van der Waals surface area contributed by atoms with Crippen LogP contribution in [0, 0.1) is 0 Å². The number of carbonyl (C=O) groups is 1. The van der Waals surface area contributed by atoms with Gasteiger partial charge in [0.1, 0.15) is 5.76 Å². The summed E-state index contributed by atoms with van der Waals surface area (Å²) in [5.74, 6) is 0.609. The van der Waals surface area contributed by atoms with Crippen molar-refractivity contribution in [2.45, 2.75) is 30.4 Å². The molecule has 0 saturated carbocycles. The Morgan fingerprint density at radius 1 is 1.65 bits per heavy atom.